The number of halogens is 1. The van der Waals surface area contributed by atoms with Gasteiger partial charge in [-0.2, -0.15) is 0 Å². The summed E-state index contributed by atoms with van der Waals surface area (Å²) in [6.45, 7) is 1.46. The molecule has 2 N–H and O–H groups in total. The Morgan fingerprint density at radius 1 is 1.08 bits per heavy atom. The van der Waals surface area contributed by atoms with Crippen LogP contribution in [0.1, 0.15) is 23.7 Å². The first kappa shape index (κ1) is 17.3. The lowest BCUT2D eigenvalue weighted by Gasteiger charge is -2.33. The molecular weight excluding hydrogens is 340 g/mol. The van der Waals surface area contributed by atoms with Gasteiger partial charge in [-0.3, -0.25) is 4.79 Å². The molecule has 5 heteroatoms. The van der Waals surface area contributed by atoms with Gasteiger partial charge in [-0.1, -0.05) is 54.1 Å². The van der Waals surface area contributed by atoms with Crippen LogP contribution in [0.3, 0.4) is 0 Å². The largest absolute Gasteiger partial charge is 0.341 e. The van der Waals surface area contributed by atoms with Gasteiger partial charge in [-0.05, 0) is 30.5 Å². The highest BCUT2D eigenvalue weighted by atomic mass is 35.5. The number of hydrogen-bond acceptors (Lipinski definition) is 3. The normalized spacial score (nSPS) is 16.8. The summed E-state index contributed by atoms with van der Waals surface area (Å²) in [5.41, 5.74) is 6.97. The zero-order valence-corrected chi connectivity index (χ0v) is 15.0. The third-order valence-electron chi connectivity index (χ3n) is 4.26. The van der Waals surface area contributed by atoms with Gasteiger partial charge in [-0.25, -0.2) is 0 Å². The molecule has 0 aliphatic carbocycles. The van der Waals surface area contributed by atoms with Gasteiger partial charge in [0.1, 0.15) is 5.25 Å². The van der Waals surface area contributed by atoms with Gasteiger partial charge in [0.2, 0.25) is 5.91 Å². The zero-order valence-electron chi connectivity index (χ0n) is 13.4. The number of carbonyl (C=O) groups excluding carboxylic acids is 1. The van der Waals surface area contributed by atoms with E-state index in [2.05, 4.69) is 0 Å². The van der Waals surface area contributed by atoms with E-state index >= 15 is 0 Å². The Hall–Kier alpha value is -1.49. The van der Waals surface area contributed by atoms with E-state index in [-0.39, 0.29) is 17.2 Å². The van der Waals surface area contributed by atoms with Crippen molar-refractivity contribution in [2.24, 2.45) is 5.73 Å². The third kappa shape index (κ3) is 4.12. The molecule has 0 bridgehead atoms. The number of likely N-dealkylation sites (tertiary alicyclic amines) is 1. The Labute approximate surface area is 152 Å². The minimum atomic E-state index is -0.291. The maximum absolute atomic E-state index is 13.1. The molecule has 1 aliphatic heterocycles. The molecule has 2 aromatic rings. The van der Waals surface area contributed by atoms with Crippen LogP contribution < -0.4 is 5.73 Å². The molecule has 0 spiro atoms. The van der Waals surface area contributed by atoms with Gasteiger partial charge < -0.3 is 10.6 Å². The van der Waals surface area contributed by atoms with E-state index in [0.29, 0.717) is 5.02 Å². The molecule has 0 radical (unpaired) electrons. The molecule has 3 nitrogen and oxygen atoms in total. The number of benzene rings is 2. The molecule has 1 amide bonds. The second-order valence-corrected chi connectivity index (χ2v) is 7.56. The van der Waals surface area contributed by atoms with Crippen molar-refractivity contribution < 1.29 is 4.79 Å². The third-order valence-corrected chi connectivity index (χ3v) is 6.02. The van der Waals surface area contributed by atoms with Crippen molar-refractivity contribution in [3.05, 3.63) is 65.2 Å². The summed E-state index contributed by atoms with van der Waals surface area (Å²) < 4.78 is 0. The number of hydrogen-bond donors (Lipinski definition) is 1. The maximum Gasteiger partial charge on any atom is 0.240 e. The van der Waals surface area contributed by atoms with Gasteiger partial charge in [0.05, 0.1) is 5.02 Å². The lowest BCUT2D eigenvalue weighted by Crippen LogP contribution is -2.44. The van der Waals surface area contributed by atoms with Crippen LogP contribution in [-0.4, -0.2) is 29.9 Å². The van der Waals surface area contributed by atoms with Crippen LogP contribution in [0, 0.1) is 0 Å². The van der Waals surface area contributed by atoms with Crippen molar-refractivity contribution >= 4 is 29.3 Å². The van der Waals surface area contributed by atoms with E-state index in [1.165, 1.54) is 11.8 Å². The molecule has 2 aromatic carbocycles. The standard InChI is InChI=1S/C19H21ClN2OS/c20-16-8-4-5-9-17(16)24-18(14-6-2-1-3-7-14)19(23)22-12-10-15(21)11-13-22/h1-9,15,18H,10-13,21H2. The SMILES string of the molecule is NC1CCN(C(=O)C(Sc2ccccc2Cl)c2ccccc2)CC1. The summed E-state index contributed by atoms with van der Waals surface area (Å²) >= 11 is 7.82. The van der Waals surface area contributed by atoms with E-state index in [9.17, 15) is 4.79 Å². The van der Waals surface area contributed by atoms with Gasteiger partial charge >= 0.3 is 0 Å². The molecule has 24 heavy (non-hydrogen) atoms. The Kier molecular flexibility index (Phi) is 5.82. The summed E-state index contributed by atoms with van der Waals surface area (Å²) in [5.74, 6) is 0.137. The maximum atomic E-state index is 13.1. The molecule has 0 aromatic heterocycles. The fourth-order valence-electron chi connectivity index (χ4n) is 2.84. The Morgan fingerprint density at radius 3 is 2.38 bits per heavy atom. The molecule has 1 unspecified atom stereocenters. The minimum absolute atomic E-state index is 0.137. The smallest absolute Gasteiger partial charge is 0.240 e. The molecule has 3 rings (SSSR count). The van der Waals surface area contributed by atoms with Gasteiger partial charge in [-0.15, -0.1) is 11.8 Å². The van der Waals surface area contributed by atoms with Crippen LogP contribution in [0.2, 0.25) is 5.02 Å². The Morgan fingerprint density at radius 2 is 1.71 bits per heavy atom. The predicted octanol–water partition coefficient (Wildman–Crippen LogP) is 4.12. The van der Waals surface area contributed by atoms with Crippen molar-refractivity contribution in [3.63, 3.8) is 0 Å². The number of carbonyl (C=O) groups is 1. The first-order chi connectivity index (χ1) is 11.6. The topological polar surface area (TPSA) is 46.3 Å². The summed E-state index contributed by atoms with van der Waals surface area (Å²) in [6.07, 6.45) is 1.73. The van der Waals surface area contributed by atoms with Crippen molar-refractivity contribution in [1.29, 1.82) is 0 Å². The molecule has 1 aliphatic rings. The molecule has 1 heterocycles. The zero-order chi connectivity index (χ0) is 16.9. The van der Waals surface area contributed by atoms with E-state index in [0.717, 1.165) is 36.4 Å². The fraction of sp³-hybridized carbons (Fsp3) is 0.316. The lowest BCUT2D eigenvalue weighted by molar-refractivity contribution is -0.131. The molecule has 1 fully saturated rings. The van der Waals surface area contributed by atoms with Crippen molar-refractivity contribution in [2.45, 2.75) is 29.0 Å². The number of nitrogens with two attached hydrogens (primary N) is 1. The number of amides is 1. The predicted molar refractivity (Wildman–Crippen MR) is 100 cm³/mol. The fourth-order valence-corrected chi connectivity index (χ4v) is 4.25. The van der Waals surface area contributed by atoms with Crippen LogP contribution in [-0.2, 0) is 4.79 Å². The highest BCUT2D eigenvalue weighted by Crippen LogP contribution is 2.40. The highest BCUT2D eigenvalue weighted by Gasteiger charge is 2.29. The van der Waals surface area contributed by atoms with Gasteiger partial charge in [0, 0.05) is 24.0 Å². The average Bonchev–Trinajstić information content (AvgIpc) is 2.62. The average molecular weight is 361 g/mol. The number of rotatable bonds is 4. The monoisotopic (exact) mass is 360 g/mol. The molecule has 1 saturated heterocycles. The Bertz CT molecular complexity index is 687. The molecule has 126 valence electrons. The highest BCUT2D eigenvalue weighted by molar-refractivity contribution is 8.00. The van der Waals surface area contributed by atoms with E-state index < -0.39 is 0 Å². The molecule has 0 saturated carbocycles. The van der Waals surface area contributed by atoms with Gasteiger partial charge in [0.15, 0.2) is 0 Å². The summed E-state index contributed by atoms with van der Waals surface area (Å²) in [5, 5.41) is 0.386. The van der Waals surface area contributed by atoms with Crippen LogP contribution in [0.5, 0.6) is 0 Å². The first-order valence-electron chi connectivity index (χ1n) is 8.15. The second-order valence-electron chi connectivity index (χ2n) is 6.00. The number of thioether (sulfide) groups is 1. The summed E-state index contributed by atoms with van der Waals surface area (Å²) in [4.78, 5) is 16.0. The second kappa shape index (κ2) is 8.06. The van der Waals surface area contributed by atoms with Gasteiger partial charge in [0.25, 0.3) is 0 Å². The van der Waals surface area contributed by atoms with Crippen LogP contribution in [0.25, 0.3) is 0 Å². The van der Waals surface area contributed by atoms with Crippen molar-refractivity contribution in [1.82, 2.24) is 4.90 Å². The Balaban J connectivity index is 1.85. The molecular formula is C19H21ClN2OS. The van der Waals surface area contributed by atoms with Crippen LogP contribution in [0.15, 0.2) is 59.5 Å². The van der Waals surface area contributed by atoms with Crippen molar-refractivity contribution in [2.75, 3.05) is 13.1 Å². The van der Waals surface area contributed by atoms with E-state index in [4.69, 9.17) is 17.3 Å². The minimum Gasteiger partial charge on any atom is -0.341 e. The molecule has 1 atom stereocenters. The van der Waals surface area contributed by atoms with Crippen LogP contribution >= 0.6 is 23.4 Å². The lowest BCUT2D eigenvalue weighted by atomic mass is 10.0. The quantitative estimate of drug-likeness (QED) is 0.834. The number of piperidine rings is 1. The summed E-state index contributed by atoms with van der Waals surface area (Å²) in [7, 11) is 0. The van der Waals surface area contributed by atoms with E-state index in [1.807, 2.05) is 59.5 Å². The van der Waals surface area contributed by atoms with Crippen LogP contribution in [0.4, 0.5) is 0 Å². The first-order valence-corrected chi connectivity index (χ1v) is 9.41. The number of nitrogens with zero attached hydrogens (tertiary/aromatic N) is 1. The summed E-state index contributed by atoms with van der Waals surface area (Å²) in [6, 6.07) is 17.8. The van der Waals surface area contributed by atoms with Crippen molar-refractivity contribution in [3.8, 4) is 0 Å². The van der Waals surface area contributed by atoms with E-state index in [1.54, 1.807) is 0 Å².